The summed E-state index contributed by atoms with van der Waals surface area (Å²) in [5.41, 5.74) is 2.25. The molecule has 2 aromatic rings. The summed E-state index contributed by atoms with van der Waals surface area (Å²) in [5, 5.41) is 9.09. The Morgan fingerprint density at radius 1 is 0.952 bits per heavy atom. The van der Waals surface area contributed by atoms with Crippen LogP contribution in [-0.4, -0.2) is 37.3 Å². The van der Waals surface area contributed by atoms with Crippen LogP contribution < -0.4 is 0 Å². The standard InChI is InChI=1S/C12H9Cl.C5H13NO.ClH/c13-12-9-5-4-8-11(12)10-6-2-1-3-7-10;1-6(2)4-3-5-7;/h1-9H;7H,3-5H2,1-2H3;1H. The van der Waals surface area contributed by atoms with Gasteiger partial charge < -0.3 is 10.0 Å². The van der Waals surface area contributed by atoms with E-state index in [1.807, 2.05) is 56.6 Å². The predicted molar refractivity (Wildman–Crippen MR) is 94.4 cm³/mol. The van der Waals surface area contributed by atoms with Crippen molar-refractivity contribution in [2.45, 2.75) is 6.42 Å². The van der Waals surface area contributed by atoms with Crippen LogP contribution in [0.1, 0.15) is 6.42 Å². The van der Waals surface area contributed by atoms with Gasteiger partial charge in [-0.1, -0.05) is 60.1 Å². The Kier molecular flexibility index (Phi) is 11.0. The highest BCUT2D eigenvalue weighted by molar-refractivity contribution is 6.33. The first-order chi connectivity index (χ1) is 9.65. The third-order valence-corrected chi connectivity index (χ3v) is 3.05. The summed E-state index contributed by atoms with van der Waals surface area (Å²) in [6.45, 7) is 1.29. The summed E-state index contributed by atoms with van der Waals surface area (Å²) >= 11 is 6.06. The maximum absolute atomic E-state index is 8.29. The monoisotopic (exact) mass is 327 g/mol. The van der Waals surface area contributed by atoms with Crippen LogP contribution in [0.2, 0.25) is 5.02 Å². The van der Waals surface area contributed by atoms with Gasteiger partial charge >= 0.3 is 0 Å². The van der Waals surface area contributed by atoms with Crippen molar-refractivity contribution < 1.29 is 5.11 Å². The summed E-state index contributed by atoms with van der Waals surface area (Å²) in [6.07, 6.45) is 0.882. The molecule has 0 saturated carbocycles. The summed E-state index contributed by atoms with van der Waals surface area (Å²) in [6, 6.07) is 18.0. The third-order valence-electron chi connectivity index (χ3n) is 2.72. The minimum Gasteiger partial charge on any atom is -0.396 e. The first-order valence-electron chi connectivity index (χ1n) is 6.70. The molecule has 2 nitrogen and oxygen atoms in total. The molecule has 21 heavy (non-hydrogen) atoms. The van der Waals surface area contributed by atoms with Crippen molar-refractivity contribution in [3.05, 3.63) is 59.6 Å². The smallest absolute Gasteiger partial charge is 0.0484 e. The van der Waals surface area contributed by atoms with Crippen molar-refractivity contribution in [1.29, 1.82) is 0 Å². The fourth-order valence-corrected chi connectivity index (χ4v) is 1.94. The zero-order chi connectivity index (χ0) is 14.8. The Hall–Kier alpha value is -1.06. The lowest BCUT2D eigenvalue weighted by atomic mass is 10.1. The third kappa shape index (κ3) is 8.08. The van der Waals surface area contributed by atoms with E-state index in [1.165, 1.54) is 0 Å². The molecule has 0 spiro atoms. The minimum absolute atomic E-state index is 0. The highest BCUT2D eigenvalue weighted by Gasteiger charge is 1.99. The molecule has 0 atom stereocenters. The number of aliphatic hydroxyl groups is 1. The van der Waals surface area contributed by atoms with Gasteiger partial charge in [0.25, 0.3) is 0 Å². The van der Waals surface area contributed by atoms with E-state index in [-0.39, 0.29) is 12.4 Å². The van der Waals surface area contributed by atoms with Gasteiger partial charge in [0.05, 0.1) is 0 Å². The molecule has 0 amide bonds. The van der Waals surface area contributed by atoms with Gasteiger partial charge in [-0.25, -0.2) is 0 Å². The van der Waals surface area contributed by atoms with Crippen LogP contribution >= 0.6 is 24.0 Å². The topological polar surface area (TPSA) is 23.5 Å². The Morgan fingerprint density at radius 2 is 1.52 bits per heavy atom. The largest absolute Gasteiger partial charge is 0.396 e. The molecule has 2 rings (SSSR count). The van der Waals surface area contributed by atoms with Crippen molar-refractivity contribution in [2.24, 2.45) is 0 Å². The maximum atomic E-state index is 8.29. The van der Waals surface area contributed by atoms with Crippen LogP contribution in [0.5, 0.6) is 0 Å². The quantitative estimate of drug-likeness (QED) is 0.901. The second kappa shape index (κ2) is 11.6. The molecule has 0 aliphatic carbocycles. The molecule has 0 radical (unpaired) electrons. The van der Waals surface area contributed by atoms with E-state index in [0.717, 1.165) is 29.1 Å². The van der Waals surface area contributed by atoms with E-state index in [1.54, 1.807) is 0 Å². The van der Waals surface area contributed by atoms with Gasteiger partial charge in [0.2, 0.25) is 0 Å². The number of hydrogen-bond acceptors (Lipinski definition) is 2. The molecule has 0 aliphatic rings. The average Bonchev–Trinajstić information content (AvgIpc) is 2.47. The van der Waals surface area contributed by atoms with Gasteiger partial charge in [-0.05, 0) is 38.7 Å². The highest BCUT2D eigenvalue weighted by Crippen LogP contribution is 2.26. The average molecular weight is 328 g/mol. The number of benzene rings is 2. The number of aliphatic hydroxyl groups excluding tert-OH is 1. The Bertz CT molecular complexity index is 489. The van der Waals surface area contributed by atoms with E-state index in [9.17, 15) is 0 Å². The summed E-state index contributed by atoms with van der Waals surface area (Å²) < 4.78 is 0. The molecular weight excluding hydrogens is 305 g/mol. The van der Waals surface area contributed by atoms with Crippen molar-refractivity contribution in [3.63, 3.8) is 0 Å². The lowest BCUT2D eigenvalue weighted by Crippen LogP contribution is -2.13. The molecule has 0 aromatic heterocycles. The SMILES string of the molecule is CN(C)CCCO.Cl.Clc1ccccc1-c1ccccc1. The van der Waals surface area contributed by atoms with Crippen molar-refractivity contribution in [1.82, 2.24) is 4.90 Å². The number of halogens is 2. The van der Waals surface area contributed by atoms with Crippen LogP contribution in [0, 0.1) is 0 Å². The van der Waals surface area contributed by atoms with Crippen LogP contribution in [0.3, 0.4) is 0 Å². The lowest BCUT2D eigenvalue weighted by Gasteiger charge is -2.05. The molecule has 0 saturated heterocycles. The second-order valence-electron chi connectivity index (χ2n) is 4.73. The molecule has 1 N–H and O–H groups in total. The first kappa shape index (κ1) is 19.9. The van der Waals surface area contributed by atoms with Crippen molar-refractivity contribution in [2.75, 3.05) is 27.2 Å². The Labute approximate surface area is 138 Å². The van der Waals surface area contributed by atoms with Gasteiger partial charge in [0, 0.05) is 17.2 Å². The molecule has 116 valence electrons. The number of nitrogens with zero attached hydrogens (tertiary/aromatic N) is 1. The second-order valence-corrected chi connectivity index (χ2v) is 5.13. The van der Waals surface area contributed by atoms with E-state index < -0.39 is 0 Å². The predicted octanol–water partition coefficient (Wildman–Crippen LogP) is 4.36. The van der Waals surface area contributed by atoms with Crippen LogP contribution in [0.15, 0.2) is 54.6 Å². The lowest BCUT2D eigenvalue weighted by molar-refractivity contribution is 0.263. The Morgan fingerprint density at radius 3 is 2.00 bits per heavy atom. The first-order valence-corrected chi connectivity index (χ1v) is 7.08. The van der Waals surface area contributed by atoms with Crippen molar-refractivity contribution in [3.8, 4) is 11.1 Å². The molecule has 0 aliphatic heterocycles. The van der Waals surface area contributed by atoms with Crippen LogP contribution in [0.25, 0.3) is 11.1 Å². The molecule has 0 unspecified atom stereocenters. The number of rotatable bonds is 4. The van der Waals surface area contributed by atoms with Gasteiger partial charge in [0.15, 0.2) is 0 Å². The molecule has 4 heteroatoms. The van der Waals surface area contributed by atoms with Crippen LogP contribution in [-0.2, 0) is 0 Å². The Balaban J connectivity index is 0.000000436. The molecule has 0 fully saturated rings. The summed E-state index contributed by atoms with van der Waals surface area (Å²) in [5.74, 6) is 0. The van der Waals surface area contributed by atoms with Gasteiger partial charge in [0.1, 0.15) is 0 Å². The summed E-state index contributed by atoms with van der Waals surface area (Å²) in [7, 11) is 3.99. The zero-order valence-electron chi connectivity index (χ0n) is 12.5. The fourth-order valence-electron chi connectivity index (χ4n) is 1.70. The minimum atomic E-state index is 0. The van der Waals surface area contributed by atoms with Gasteiger partial charge in [-0.3, -0.25) is 0 Å². The van der Waals surface area contributed by atoms with Gasteiger partial charge in [-0.15, -0.1) is 12.4 Å². The maximum Gasteiger partial charge on any atom is 0.0484 e. The molecule has 0 bridgehead atoms. The highest BCUT2D eigenvalue weighted by atomic mass is 35.5. The van der Waals surface area contributed by atoms with E-state index in [0.29, 0.717) is 6.61 Å². The van der Waals surface area contributed by atoms with Crippen molar-refractivity contribution >= 4 is 24.0 Å². The fraction of sp³-hybridized carbons (Fsp3) is 0.294. The zero-order valence-corrected chi connectivity index (χ0v) is 14.1. The van der Waals surface area contributed by atoms with Crippen LogP contribution in [0.4, 0.5) is 0 Å². The van der Waals surface area contributed by atoms with E-state index >= 15 is 0 Å². The van der Waals surface area contributed by atoms with E-state index in [2.05, 4.69) is 17.0 Å². The summed E-state index contributed by atoms with van der Waals surface area (Å²) in [4.78, 5) is 2.05. The molecule has 0 heterocycles. The normalized spacial score (nSPS) is 9.57. The molecular formula is C17H23Cl2NO. The van der Waals surface area contributed by atoms with Gasteiger partial charge in [-0.2, -0.15) is 0 Å². The van der Waals surface area contributed by atoms with E-state index in [4.69, 9.17) is 16.7 Å². The molecule has 2 aromatic carbocycles. The number of hydrogen-bond donors (Lipinski definition) is 1.